The van der Waals surface area contributed by atoms with Gasteiger partial charge in [-0.15, -0.1) is 5.10 Å². The van der Waals surface area contributed by atoms with Gasteiger partial charge in [0.1, 0.15) is 24.6 Å². The van der Waals surface area contributed by atoms with Crippen LogP contribution < -0.4 is 0 Å². The molecule has 3 aliphatic heterocycles. The molecule has 1 aromatic heterocycles. The molecular formula is C52H79N5O12. The second kappa shape index (κ2) is 25.7. The number of piperidine rings is 1. The predicted molar refractivity (Wildman–Crippen MR) is 256 cm³/mol. The molecule has 3 fully saturated rings. The molecule has 15 atom stereocenters. The molecule has 1 aliphatic carbocycles. The van der Waals surface area contributed by atoms with Crippen molar-refractivity contribution in [2.75, 3.05) is 27.9 Å². The minimum absolute atomic E-state index is 0.0197. The summed E-state index contributed by atoms with van der Waals surface area (Å²) >= 11 is 0. The van der Waals surface area contributed by atoms with Gasteiger partial charge < -0.3 is 38.8 Å². The summed E-state index contributed by atoms with van der Waals surface area (Å²) in [4.78, 5) is 72.3. The van der Waals surface area contributed by atoms with Crippen LogP contribution >= 0.6 is 0 Å². The van der Waals surface area contributed by atoms with Crippen LogP contribution in [0.5, 0.6) is 0 Å². The Morgan fingerprint density at radius 3 is 2.33 bits per heavy atom. The van der Waals surface area contributed by atoms with Gasteiger partial charge in [-0.2, -0.15) is 0 Å². The van der Waals surface area contributed by atoms with Gasteiger partial charge in [-0.3, -0.25) is 19.2 Å². The first-order valence-electron chi connectivity index (χ1n) is 25.0. The van der Waals surface area contributed by atoms with E-state index in [0.717, 1.165) is 18.4 Å². The maximum absolute atomic E-state index is 14.5. The third-order valence-electron chi connectivity index (χ3n) is 15.2. The van der Waals surface area contributed by atoms with Gasteiger partial charge in [0.2, 0.25) is 5.79 Å². The first-order valence-corrected chi connectivity index (χ1v) is 25.0. The van der Waals surface area contributed by atoms with Gasteiger partial charge in [0.05, 0.1) is 30.5 Å². The number of aromatic nitrogens is 4. The second-order valence-electron chi connectivity index (χ2n) is 20.4. The van der Waals surface area contributed by atoms with Crippen molar-refractivity contribution < 1.29 is 57.9 Å². The van der Waals surface area contributed by atoms with Crippen LogP contribution in [0.15, 0.2) is 53.9 Å². The zero-order valence-electron chi connectivity index (χ0n) is 42.5. The Bertz CT molecular complexity index is 2020. The number of nitrogens with zero attached hydrogens (tertiary/aromatic N) is 5. The van der Waals surface area contributed by atoms with Gasteiger partial charge in [0.15, 0.2) is 11.6 Å². The largest absolute Gasteiger partial charge is 0.460 e. The third kappa shape index (κ3) is 14.2. The third-order valence-corrected chi connectivity index (χ3v) is 15.2. The molecule has 0 spiro atoms. The second-order valence-corrected chi connectivity index (χ2v) is 20.4. The first-order chi connectivity index (χ1) is 32.8. The summed E-state index contributed by atoms with van der Waals surface area (Å²) in [6.45, 7) is 12.8. The Hall–Kier alpha value is -4.26. The molecule has 1 amide bonds. The number of ketones is 3. The van der Waals surface area contributed by atoms with Gasteiger partial charge in [0.25, 0.3) is 11.7 Å². The van der Waals surface area contributed by atoms with E-state index in [1.807, 2.05) is 58.1 Å². The standard InChI is InChI=1S/C52H79N5O12/c1-31-16-12-11-13-17-32(2)43(65-8)28-39-21-19-37(7)52(64,69-39)49(61)50(62)56-23-15-14-18-41(56)51(63)68-44(34(4)26-38-20-22-40(45(27-38)66-9)57-30-53-54-55-57)29-42(58)33(3)25-36(6)47(60)48(67-10)46(59)35(5)24-31/h11-13,16-17,25,30-31,34-41,43-45,47-48,60,64H,14-15,18-24,26-29H2,1-10H3/t31-,34-,35-,36?,37-,38+,39+,40+,41+,43+,44+,45-,47-,48+,52-/m1/s1. The fraction of sp³-hybridized carbons (Fsp3) is 0.731. The maximum Gasteiger partial charge on any atom is 0.329 e. The van der Waals surface area contributed by atoms with E-state index >= 15 is 0 Å². The number of rotatable bonds is 7. The summed E-state index contributed by atoms with van der Waals surface area (Å²) < 4.78 is 31.6. The van der Waals surface area contributed by atoms with Crippen molar-refractivity contribution in [3.8, 4) is 0 Å². The molecule has 17 nitrogen and oxygen atoms in total. The van der Waals surface area contributed by atoms with E-state index in [2.05, 4.69) is 15.5 Å². The summed E-state index contributed by atoms with van der Waals surface area (Å²) in [5.74, 6) is -7.89. The van der Waals surface area contributed by atoms with Crippen LogP contribution in [0.2, 0.25) is 0 Å². The van der Waals surface area contributed by atoms with Crippen LogP contribution in [-0.4, -0.2) is 141 Å². The molecule has 1 unspecified atom stereocenters. The maximum atomic E-state index is 14.5. The molecule has 4 aliphatic rings. The highest BCUT2D eigenvalue weighted by Gasteiger charge is 2.53. The number of carbonyl (C=O) groups excluding carboxylic acids is 5. The number of methoxy groups -OCH3 is 3. The predicted octanol–water partition coefficient (Wildman–Crippen LogP) is 6.05. The van der Waals surface area contributed by atoms with Crippen LogP contribution in [0.4, 0.5) is 0 Å². The molecule has 0 radical (unpaired) electrons. The van der Waals surface area contributed by atoms with Gasteiger partial charge in [0, 0.05) is 58.5 Å². The minimum Gasteiger partial charge on any atom is -0.460 e. The molecule has 1 aromatic rings. The first kappa shape index (κ1) is 55.7. The Labute approximate surface area is 408 Å². The van der Waals surface area contributed by atoms with Crippen LogP contribution in [0.25, 0.3) is 0 Å². The van der Waals surface area contributed by atoms with Gasteiger partial charge in [-0.05, 0) is 117 Å². The average Bonchev–Trinajstić information content (AvgIpc) is 3.88. The summed E-state index contributed by atoms with van der Waals surface area (Å²) in [5.41, 5.74) is 1.20. The monoisotopic (exact) mass is 966 g/mol. The Kier molecular flexibility index (Phi) is 20.8. The van der Waals surface area contributed by atoms with E-state index in [1.165, 1.54) is 12.0 Å². The number of cyclic esters (lactones) is 1. The number of allylic oxidation sites excluding steroid dienone is 6. The lowest BCUT2D eigenvalue weighted by Gasteiger charge is -2.42. The molecule has 384 valence electrons. The van der Waals surface area contributed by atoms with E-state index in [0.29, 0.717) is 56.9 Å². The number of tetrazole rings is 1. The van der Waals surface area contributed by atoms with Crippen LogP contribution in [0, 0.1) is 35.5 Å². The molecule has 4 heterocycles. The molecule has 1 saturated carbocycles. The van der Waals surface area contributed by atoms with Crippen molar-refractivity contribution in [2.45, 2.75) is 180 Å². The fourth-order valence-corrected chi connectivity index (χ4v) is 10.8. The summed E-state index contributed by atoms with van der Waals surface area (Å²) in [6.07, 6.45) is 14.0. The molecule has 17 heteroatoms. The molecule has 2 N–H and O–H groups in total. The van der Waals surface area contributed by atoms with Crippen molar-refractivity contribution in [1.29, 1.82) is 0 Å². The van der Waals surface area contributed by atoms with Gasteiger partial charge >= 0.3 is 5.97 Å². The average molecular weight is 966 g/mol. The molecule has 2 saturated heterocycles. The number of amides is 1. The lowest BCUT2D eigenvalue weighted by molar-refractivity contribution is -0.265. The number of hydrogen-bond donors (Lipinski definition) is 2. The normalized spacial score (nSPS) is 36.3. The van der Waals surface area contributed by atoms with Crippen molar-refractivity contribution in [3.63, 3.8) is 0 Å². The Morgan fingerprint density at radius 2 is 1.65 bits per heavy atom. The fourth-order valence-electron chi connectivity index (χ4n) is 10.8. The Morgan fingerprint density at radius 1 is 0.899 bits per heavy atom. The number of aliphatic hydroxyl groups is 2. The highest BCUT2D eigenvalue weighted by atomic mass is 16.6. The van der Waals surface area contributed by atoms with E-state index in [-0.39, 0.29) is 60.9 Å². The number of carbonyl (C=O) groups is 5. The highest BCUT2D eigenvalue weighted by Crippen LogP contribution is 2.39. The molecule has 2 bridgehead atoms. The number of hydrogen-bond acceptors (Lipinski definition) is 15. The number of esters is 1. The van der Waals surface area contributed by atoms with E-state index in [4.69, 9.17) is 23.7 Å². The van der Waals surface area contributed by atoms with Gasteiger partial charge in [-0.25, -0.2) is 9.48 Å². The van der Waals surface area contributed by atoms with Crippen molar-refractivity contribution >= 4 is 29.2 Å². The minimum atomic E-state index is -2.43. The van der Waals surface area contributed by atoms with Crippen LogP contribution in [0.1, 0.15) is 132 Å². The number of Topliss-reactive ketones (excluding diaryl/α,β-unsaturated/α-hetero) is 3. The number of aliphatic hydroxyl groups excluding tert-OH is 1. The lowest BCUT2D eigenvalue weighted by Crippen LogP contribution is -2.61. The number of ether oxygens (including phenoxy) is 5. The molecule has 0 aromatic carbocycles. The zero-order chi connectivity index (χ0) is 50.6. The lowest BCUT2D eigenvalue weighted by atomic mass is 9.77. The zero-order valence-corrected chi connectivity index (χ0v) is 42.5. The Balaban J connectivity index is 1.46. The van der Waals surface area contributed by atoms with Crippen LogP contribution in [0.3, 0.4) is 0 Å². The molecule has 69 heavy (non-hydrogen) atoms. The van der Waals surface area contributed by atoms with Crippen molar-refractivity contribution in [2.24, 2.45) is 35.5 Å². The number of fused-ring (bicyclic) bond motifs is 3. The van der Waals surface area contributed by atoms with E-state index in [1.54, 1.807) is 52.1 Å². The molecule has 5 rings (SSSR count). The van der Waals surface area contributed by atoms with E-state index < -0.39 is 77.8 Å². The smallest absolute Gasteiger partial charge is 0.329 e. The summed E-state index contributed by atoms with van der Waals surface area (Å²) in [7, 11) is 4.63. The SMILES string of the molecule is CO[C@H]1C[C@@H]2CC[C@@H](C)[C@@](O)(O2)C(=O)C(=O)N2CCCC[C@H]2C(=O)O[C@H]([C@H](C)C[C@@H]2CC[C@H](n3cnnn3)[C@H](OC)C2)CC(=O)C(C)=CC(C)[C@@H](O)[C@@H](OC)C(=O)[C@H](C)C[C@H](C)C=CC=CC=C1C. The van der Waals surface area contributed by atoms with Crippen molar-refractivity contribution in [1.82, 2.24) is 25.1 Å². The van der Waals surface area contributed by atoms with Crippen molar-refractivity contribution in [3.05, 3.63) is 53.9 Å². The topological polar surface area (TPSA) is 219 Å². The van der Waals surface area contributed by atoms with Crippen LogP contribution in [-0.2, 0) is 47.7 Å². The summed E-state index contributed by atoms with van der Waals surface area (Å²) in [6, 6.07) is -1.20. The highest BCUT2D eigenvalue weighted by molar-refractivity contribution is 6.39. The quantitative estimate of drug-likeness (QED) is 0.235. The van der Waals surface area contributed by atoms with E-state index in [9.17, 15) is 34.2 Å². The summed E-state index contributed by atoms with van der Waals surface area (Å²) in [5, 5.41) is 35.2. The molecular weight excluding hydrogens is 887 g/mol. The van der Waals surface area contributed by atoms with Gasteiger partial charge in [-0.1, -0.05) is 71.1 Å².